The van der Waals surface area contributed by atoms with Crippen molar-refractivity contribution in [2.24, 2.45) is 17.3 Å². The summed E-state index contributed by atoms with van der Waals surface area (Å²) < 4.78 is 17.0. The van der Waals surface area contributed by atoms with Crippen LogP contribution in [-0.4, -0.2) is 66.9 Å². The van der Waals surface area contributed by atoms with Gasteiger partial charge in [-0.1, -0.05) is 74.8 Å². The van der Waals surface area contributed by atoms with Gasteiger partial charge < -0.3 is 30.0 Å². The number of hydrogen-bond acceptors (Lipinski definition) is 8. The van der Waals surface area contributed by atoms with E-state index in [0.717, 1.165) is 0 Å². The fourth-order valence-electron chi connectivity index (χ4n) is 5.58. The largest absolute Gasteiger partial charge is 0.495 e. The van der Waals surface area contributed by atoms with Crippen molar-refractivity contribution in [3.8, 4) is 5.75 Å². The Morgan fingerprint density at radius 1 is 1.04 bits per heavy atom. The lowest BCUT2D eigenvalue weighted by atomic mass is 9.90. The van der Waals surface area contributed by atoms with Gasteiger partial charge in [0.1, 0.15) is 17.9 Å². The first-order valence-corrected chi connectivity index (χ1v) is 17.0. The van der Waals surface area contributed by atoms with Crippen molar-refractivity contribution < 1.29 is 38.5 Å². The molecule has 12 heteroatoms. The van der Waals surface area contributed by atoms with Crippen molar-refractivity contribution in [1.82, 2.24) is 10.6 Å². The molecule has 1 saturated carbocycles. The van der Waals surface area contributed by atoms with Gasteiger partial charge in [0.2, 0.25) is 11.8 Å². The fraction of sp³-hybridized carbons (Fsp3) is 0.500. The average molecular weight is 704 g/mol. The van der Waals surface area contributed by atoms with Gasteiger partial charge >= 0.3 is 11.9 Å². The number of esters is 2. The van der Waals surface area contributed by atoms with E-state index in [0.29, 0.717) is 34.7 Å². The normalized spacial score (nSPS) is 24.5. The molecule has 2 aromatic carbocycles. The maximum absolute atomic E-state index is 13.6. The van der Waals surface area contributed by atoms with Gasteiger partial charge in [0.05, 0.1) is 29.0 Å². The number of carbonyl (C=O) groups is 4. The van der Waals surface area contributed by atoms with Gasteiger partial charge in [-0.05, 0) is 54.5 Å². The van der Waals surface area contributed by atoms with E-state index in [4.69, 9.17) is 37.4 Å². The molecule has 260 valence electrons. The number of nitrogens with one attached hydrogen (secondary N) is 2. The van der Waals surface area contributed by atoms with Crippen LogP contribution in [0.2, 0.25) is 5.02 Å². The Labute approximate surface area is 291 Å². The molecule has 1 heterocycles. The van der Waals surface area contributed by atoms with Crippen molar-refractivity contribution in [2.75, 3.05) is 13.7 Å². The number of ether oxygens (including phenoxy) is 3. The maximum atomic E-state index is 13.6. The van der Waals surface area contributed by atoms with Crippen LogP contribution < -0.4 is 15.4 Å². The summed E-state index contributed by atoms with van der Waals surface area (Å²) in [5, 5.41) is 16.4. The first-order valence-electron chi connectivity index (χ1n) is 16.2. The van der Waals surface area contributed by atoms with Gasteiger partial charge in [0, 0.05) is 25.3 Å². The number of cyclic esters (lactones) is 2. The highest BCUT2D eigenvalue weighted by molar-refractivity contribution is 6.32. The molecule has 2 aliphatic rings. The minimum Gasteiger partial charge on any atom is -0.495 e. The Bertz CT molecular complexity index is 1480. The first kappa shape index (κ1) is 37.2. The molecule has 0 unspecified atom stereocenters. The molecule has 10 nitrogen and oxygen atoms in total. The number of hydrogen-bond donors (Lipinski definition) is 3. The van der Waals surface area contributed by atoms with Gasteiger partial charge in [-0.3, -0.25) is 14.4 Å². The quantitative estimate of drug-likeness (QED) is 0.243. The predicted octanol–water partition coefficient (Wildman–Crippen LogP) is 5.08. The van der Waals surface area contributed by atoms with Crippen molar-refractivity contribution in [1.29, 1.82) is 0 Å². The number of alkyl halides is 1. The number of halogens is 2. The van der Waals surface area contributed by atoms with E-state index in [2.05, 4.69) is 10.6 Å². The number of benzene rings is 2. The van der Waals surface area contributed by atoms with Crippen LogP contribution >= 0.6 is 23.2 Å². The maximum Gasteiger partial charge on any atom is 0.347 e. The van der Waals surface area contributed by atoms with Gasteiger partial charge in [-0.15, -0.1) is 11.6 Å². The van der Waals surface area contributed by atoms with Crippen molar-refractivity contribution in [2.45, 2.75) is 82.6 Å². The third-order valence-electron chi connectivity index (χ3n) is 8.82. The van der Waals surface area contributed by atoms with Gasteiger partial charge in [0.15, 0.2) is 6.10 Å². The predicted molar refractivity (Wildman–Crippen MR) is 181 cm³/mol. The summed E-state index contributed by atoms with van der Waals surface area (Å²) in [7, 11) is 1.50. The second kappa shape index (κ2) is 16.7. The Morgan fingerprint density at radius 3 is 2.38 bits per heavy atom. The topological polar surface area (TPSA) is 140 Å². The van der Waals surface area contributed by atoms with E-state index in [9.17, 15) is 24.3 Å². The molecule has 1 fully saturated rings. The molecule has 3 N–H and O–H groups in total. The van der Waals surface area contributed by atoms with E-state index in [1.807, 2.05) is 32.0 Å². The summed E-state index contributed by atoms with van der Waals surface area (Å²) in [5.41, 5.74) is 0.377. The molecule has 2 aromatic rings. The van der Waals surface area contributed by atoms with Crippen LogP contribution in [0.4, 0.5) is 0 Å². The number of carbonyl (C=O) groups excluding carboxylic acids is 4. The van der Waals surface area contributed by atoms with E-state index < -0.39 is 64.8 Å². The lowest BCUT2D eigenvalue weighted by Gasteiger charge is -2.31. The molecule has 0 radical (unpaired) electrons. The SMILES string of the molecule is COc1ccc(C[C@H]2NC(=O)/C=C/C[C@@H]([C@H](C)[C@@H](O)[C@@H](Cl)c3ccccc3)OC(=O)[C@H](CC(C)C)OC(=O)C3(CC3)CNC2=O)cc1Cl. The summed E-state index contributed by atoms with van der Waals surface area (Å²) in [6, 6.07) is 13.1. The zero-order valence-electron chi connectivity index (χ0n) is 27.6. The highest BCUT2D eigenvalue weighted by Gasteiger charge is 2.53. The Hall–Kier alpha value is -3.60. The van der Waals surface area contributed by atoms with Gasteiger partial charge in [-0.2, -0.15) is 0 Å². The van der Waals surface area contributed by atoms with E-state index >= 15 is 0 Å². The minimum atomic E-state index is -1.20. The molecular weight excluding hydrogens is 659 g/mol. The molecule has 0 aromatic heterocycles. The summed E-state index contributed by atoms with van der Waals surface area (Å²) in [6.07, 6.45) is 0.790. The molecule has 1 aliphatic carbocycles. The van der Waals surface area contributed by atoms with Crippen LogP contribution in [0, 0.1) is 17.3 Å². The Kier molecular flexibility index (Phi) is 12.9. The second-order valence-electron chi connectivity index (χ2n) is 13.0. The van der Waals surface area contributed by atoms with Crippen LogP contribution in [0.5, 0.6) is 5.75 Å². The second-order valence-corrected chi connectivity index (χ2v) is 13.9. The van der Waals surface area contributed by atoms with E-state index in [-0.39, 0.29) is 31.7 Å². The highest BCUT2D eigenvalue weighted by atomic mass is 35.5. The fourth-order valence-corrected chi connectivity index (χ4v) is 6.24. The van der Waals surface area contributed by atoms with Crippen LogP contribution in [0.25, 0.3) is 0 Å². The van der Waals surface area contributed by atoms with E-state index in [1.54, 1.807) is 37.3 Å². The van der Waals surface area contributed by atoms with Crippen LogP contribution in [-0.2, 0) is 35.1 Å². The zero-order chi connectivity index (χ0) is 35.0. The molecule has 0 saturated heterocycles. The van der Waals surface area contributed by atoms with Crippen molar-refractivity contribution in [3.63, 3.8) is 0 Å². The minimum absolute atomic E-state index is 0.0154. The lowest BCUT2D eigenvalue weighted by Crippen LogP contribution is -2.50. The van der Waals surface area contributed by atoms with Crippen molar-refractivity contribution >= 4 is 47.0 Å². The van der Waals surface area contributed by atoms with Crippen molar-refractivity contribution in [3.05, 3.63) is 76.8 Å². The number of methoxy groups -OCH3 is 1. The van der Waals surface area contributed by atoms with E-state index in [1.165, 1.54) is 19.3 Å². The zero-order valence-corrected chi connectivity index (χ0v) is 29.1. The van der Waals surface area contributed by atoms with Gasteiger partial charge in [0.25, 0.3) is 0 Å². The third kappa shape index (κ3) is 9.74. The highest BCUT2D eigenvalue weighted by Crippen LogP contribution is 2.46. The third-order valence-corrected chi connectivity index (χ3v) is 9.63. The smallest absolute Gasteiger partial charge is 0.347 e. The number of aliphatic hydroxyl groups is 1. The van der Waals surface area contributed by atoms with Crippen LogP contribution in [0.1, 0.15) is 63.0 Å². The molecule has 2 amide bonds. The van der Waals surface area contributed by atoms with Crippen LogP contribution in [0.3, 0.4) is 0 Å². The number of rotatable bonds is 9. The summed E-state index contributed by atoms with van der Waals surface area (Å²) in [4.78, 5) is 53.7. The van der Waals surface area contributed by atoms with Crippen LogP contribution in [0.15, 0.2) is 60.7 Å². The molecule has 0 bridgehead atoms. The number of amides is 2. The summed E-state index contributed by atoms with van der Waals surface area (Å²) >= 11 is 13.0. The summed E-state index contributed by atoms with van der Waals surface area (Å²) in [6.45, 7) is 5.47. The Morgan fingerprint density at radius 2 is 1.75 bits per heavy atom. The average Bonchev–Trinajstić information content (AvgIpc) is 3.86. The summed E-state index contributed by atoms with van der Waals surface area (Å²) in [5.74, 6) is -2.64. The number of aliphatic hydroxyl groups excluding tert-OH is 1. The first-order chi connectivity index (χ1) is 22.8. The molecule has 48 heavy (non-hydrogen) atoms. The molecular formula is C36H44Cl2N2O8. The molecule has 1 spiro atoms. The molecule has 4 rings (SSSR count). The monoisotopic (exact) mass is 702 g/mol. The Balaban J connectivity index is 1.63. The lowest BCUT2D eigenvalue weighted by molar-refractivity contribution is -0.178. The van der Waals surface area contributed by atoms with Gasteiger partial charge in [-0.25, -0.2) is 4.79 Å². The standard InChI is InChI=1S/C36H44Cl2N2O8/c1-21(2)17-29-34(44)47-27(22(3)32(42)31(38)24-9-6-5-7-10-24)11-8-12-30(41)40-26(19-23-13-14-28(46-4)25(37)18-23)33(43)39-20-36(15-16-36)35(45)48-29/h5-10,12-14,18,21-22,26-27,29,31-32,42H,11,15-17,19-20H2,1-4H3,(H,39,43)(H,40,41)/b12-8+/t22-,26+,27-,29-,31-,32+/m0/s1. The molecule has 6 atom stereocenters. The molecule has 1 aliphatic heterocycles.